The maximum atomic E-state index is 12.2. The van der Waals surface area contributed by atoms with Crippen molar-refractivity contribution in [2.45, 2.75) is 26.4 Å². The fourth-order valence-electron chi connectivity index (χ4n) is 2.24. The standard InChI is InChI=1S/C14H16N6OS2/c1-8(2)20-12(18-19-14(20)22)7-15-13(21)10-6-9(16-17-10)11-4-3-5-23-11/h3-6,8H,7H2,1-2H3,(H,15,21)(H,16,17)(H,19,22). The summed E-state index contributed by atoms with van der Waals surface area (Å²) >= 11 is 6.77. The second-order valence-corrected chi connectivity index (χ2v) is 6.57. The van der Waals surface area contributed by atoms with Crippen LogP contribution in [0.2, 0.25) is 0 Å². The van der Waals surface area contributed by atoms with Gasteiger partial charge >= 0.3 is 0 Å². The molecule has 1 amide bonds. The first-order valence-corrected chi connectivity index (χ1v) is 8.38. The summed E-state index contributed by atoms with van der Waals surface area (Å²) in [6.07, 6.45) is 0. The lowest BCUT2D eigenvalue weighted by Gasteiger charge is -2.10. The smallest absolute Gasteiger partial charge is 0.272 e. The minimum absolute atomic E-state index is 0.170. The van der Waals surface area contributed by atoms with Crippen LogP contribution in [0, 0.1) is 4.77 Å². The third-order valence-electron chi connectivity index (χ3n) is 3.30. The molecule has 0 aliphatic carbocycles. The first-order chi connectivity index (χ1) is 11.1. The molecule has 7 nitrogen and oxygen atoms in total. The van der Waals surface area contributed by atoms with Crippen molar-refractivity contribution in [1.82, 2.24) is 30.3 Å². The Balaban J connectivity index is 1.70. The van der Waals surface area contributed by atoms with E-state index in [0.29, 0.717) is 16.3 Å². The van der Waals surface area contributed by atoms with Crippen molar-refractivity contribution in [1.29, 1.82) is 0 Å². The van der Waals surface area contributed by atoms with E-state index in [1.165, 1.54) is 0 Å². The number of aromatic amines is 2. The number of nitrogens with zero attached hydrogens (tertiary/aromatic N) is 3. The van der Waals surface area contributed by atoms with Crippen LogP contribution in [0.1, 0.15) is 36.2 Å². The van der Waals surface area contributed by atoms with E-state index < -0.39 is 0 Å². The first-order valence-electron chi connectivity index (χ1n) is 7.09. The zero-order valence-corrected chi connectivity index (χ0v) is 14.3. The molecule has 120 valence electrons. The van der Waals surface area contributed by atoms with Gasteiger partial charge in [-0.15, -0.1) is 11.3 Å². The Labute approximate surface area is 141 Å². The topological polar surface area (TPSA) is 91.4 Å². The molecule has 3 aromatic rings. The fourth-order valence-corrected chi connectivity index (χ4v) is 3.29. The molecular weight excluding hydrogens is 332 g/mol. The van der Waals surface area contributed by atoms with Gasteiger partial charge in [0.15, 0.2) is 16.3 Å². The van der Waals surface area contributed by atoms with Gasteiger partial charge < -0.3 is 9.88 Å². The summed E-state index contributed by atoms with van der Waals surface area (Å²) in [4.78, 5) is 13.3. The van der Waals surface area contributed by atoms with Gasteiger partial charge in [-0.2, -0.15) is 10.2 Å². The third-order valence-corrected chi connectivity index (χ3v) is 4.49. The van der Waals surface area contributed by atoms with E-state index >= 15 is 0 Å². The summed E-state index contributed by atoms with van der Waals surface area (Å²) in [5.74, 6) is 0.431. The number of rotatable bonds is 5. The number of hydrogen-bond acceptors (Lipinski definition) is 5. The Hall–Kier alpha value is -2.26. The zero-order chi connectivity index (χ0) is 16.4. The quantitative estimate of drug-likeness (QED) is 0.618. The molecular formula is C14H16N6OS2. The highest BCUT2D eigenvalue weighted by Gasteiger charge is 2.14. The second kappa shape index (κ2) is 6.47. The van der Waals surface area contributed by atoms with Crippen LogP contribution in [0.4, 0.5) is 0 Å². The molecule has 0 fully saturated rings. The summed E-state index contributed by atoms with van der Waals surface area (Å²) in [6, 6.07) is 5.83. The Kier molecular flexibility index (Phi) is 4.39. The van der Waals surface area contributed by atoms with Crippen molar-refractivity contribution in [2.24, 2.45) is 0 Å². The molecule has 3 N–H and O–H groups in total. The average molecular weight is 348 g/mol. The molecule has 0 saturated heterocycles. The molecule has 0 saturated carbocycles. The average Bonchev–Trinajstić information content (AvgIpc) is 3.24. The zero-order valence-electron chi connectivity index (χ0n) is 12.7. The summed E-state index contributed by atoms with van der Waals surface area (Å²) in [7, 11) is 0. The van der Waals surface area contributed by atoms with E-state index in [1.807, 2.05) is 35.9 Å². The van der Waals surface area contributed by atoms with E-state index in [9.17, 15) is 4.79 Å². The SMILES string of the molecule is CC(C)n1c(CNC(=O)c2cc(-c3cccs3)[nH]n2)n[nH]c1=S. The van der Waals surface area contributed by atoms with Gasteiger partial charge in [0.1, 0.15) is 0 Å². The van der Waals surface area contributed by atoms with Gasteiger partial charge in [-0.25, -0.2) is 0 Å². The fraction of sp³-hybridized carbons (Fsp3) is 0.286. The maximum Gasteiger partial charge on any atom is 0.272 e. The van der Waals surface area contributed by atoms with E-state index in [1.54, 1.807) is 17.4 Å². The number of nitrogens with one attached hydrogen (secondary N) is 3. The van der Waals surface area contributed by atoms with Gasteiger partial charge in [0.2, 0.25) is 0 Å². The van der Waals surface area contributed by atoms with Gasteiger partial charge in [0, 0.05) is 6.04 Å². The summed E-state index contributed by atoms with van der Waals surface area (Å²) in [5.41, 5.74) is 1.17. The predicted molar refractivity (Wildman–Crippen MR) is 90.9 cm³/mol. The summed E-state index contributed by atoms with van der Waals surface area (Å²) in [6.45, 7) is 4.31. The Morgan fingerprint density at radius 2 is 2.26 bits per heavy atom. The Bertz CT molecular complexity index is 858. The molecule has 3 heterocycles. The maximum absolute atomic E-state index is 12.2. The third kappa shape index (κ3) is 3.25. The van der Waals surface area contributed by atoms with Gasteiger partial charge in [0.25, 0.3) is 5.91 Å². The normalized spacial score (nSPS) is 11.1. The molecule has 0 unspecified atom stereocenters. The Morgan fingerprint density at radius 1 is 1.43 bits per heavy atom. The Morgan fingerprint density at radius 3 is 2.96 bits per heavy atom. The van der Waals surface area contributed by atoms with E-state index in [-0.39, 0.29) is 18.5 Å². The largest absolute Gasteiger partial charge is 0.343 e. The van der Waals surface area contributed by atoms with Gasteiger partial charge in [-0.3, -0.25) is 15.0 Å². The summed E-state index contributed by atoms with van der Waals surface area (Å²) < 4.78 is 2.42. The second-order valence-electron chi connectivity index (χ2n) is 5.24. The number of aromatic nitrogens is 5. The molecule has 0 aliphatic heterocycles. The lowest BCUT2D eigenvalue weighted by molar-refractivity contribution is 0.0944. The highest BCUT2D eigenvalue weighted by atomic mass is 32.1. The van der Waals surface area contributed by atoms with Crippen LogP contribution >= 0.6 is 23.6 Å². The highest BCUT2D eigenvalue weighted by molar-refractivity contribution is 7.71. The highest BCUT2D eigenvalue weighted by Crippen LogP contribution is 2.22. The van der Waals surface area contributed by atoms with E-state index in [2.05, 4.69) is 25.7 Å². The molecule has 0 atom stereocenters. The molecule has 3 rings (SSSR count). The van der Waals surface area contributed by atoms with Crippen LogP contribution in [-0.2, 0) is 6.54 Å². The van der Waals surface area contributed by atoms with Crippen LogP contribution in [0.5, 0.6) is 0 Å². The molecule has 0 radical (unpaired) electrons. The van der Waals surface area contributed by atoms with E-state index in [0.717, 1.165) is 10.6 Å². The van der Waals surface area contributed by atoms with Gasteiger partial charge in [-0.1, -0.05) is 6.07 Å². The van der Waals surface area contributed by atoms with Gasteiger partial charge in [0.05, 0.1) is 17.1 Å². The molecule has 0 aromatic carbocycles. The predicted octanol–water partition coefficient (Wildman–Crippen LogP) is 2.90. The van der Waals surface area contributed by atoms with Crippen LogP contribution in [0.25, 0.3) is 10.6 Å². The molecule has 0 spiro atoms. The first kappa shape index (κ1) is 15.6. The molecule has 0 bridgehead atoms. The van der Waals surface area contributed by atoms with E-state index in [4.69, 9.17) is 12.2 Å². The van der Waals surface area contributed by atoms with Crippen molar-refractivity contribution < 1.29 is 4.79 Å². The minimum atomic E-state index is -0.256. The molecule has 23 heavy (non-hydrogen) atoms. The van der Waals surface area contributed by atoms with Crippen molar-refractivity contribution in [3.05, 3.63) is 39.9 Å². The number of carbonyl (C=O) groups is 1. The van der Waals surface area contributed by atoms with Crippen molar-refractivity contribution in [2.75, 3.05) is 0 Å². The van der Waals surface area contributed by atoms with Crippen molar-refractivity contribution >= 4 is 29.5 Å². The van der Waals surface area contributed by atoms with Crippen molar-refractivity contribution in [3.8, 4) is 10.6 Å². The molecule has 9 heteroatoms. The van der Waals surface area contributed by atoms with Crippen molar-refractivity contribution in [3.63, 3.8) is 0 Å². The number of carbonyl (C=O) groups excluding carboxylic acids is 1. The molecule has 0 aliphatic rings. The number of thiophene rings is 1. The summed E-state index contributed by atoms with van der Waals surface area (Å²) in [5, 5.41) is 18.6. The molecule has 3 aromatic heterocycles. The monoisotopic (exact) mass is 348 g/mol. The van der Waals surface area contributed by atoms with Crippen LogP contribution in [0.3, 0.4) is 0 Å². The van der Waals surface area contributed by atoms with Crippen LogP contribution < -0.4 is 5.32 Å². The number of H-pyrrole nitrogens is 2. The van der Waals surface area contributed by atoms with Gasteiger partial charge in [-0.05, 0) is 43.6 Å². The lowest BCUT2D eigenvalue weighted by atomic mass is 10.3. The van der Waals surface area contributed by atoms with Crippen LogP contribution in [0.15, 0.2) is 23.6 Å². The lowest BCUT2D eigenvalue weighted by Crippen LogP contribution is -2.25. The number of hydrogen-bond donors (Lipinski definition) is 3. The van der Waals surface area contributed by atoms with Crippen LogP contribution in [-0.4, -0.2) is 30.9 Å². The minimum Gasteiger partial charge on any atom is -0.343 e. The number of amides is 1.